The third-order valence-corrected chi connectivity index (χ3v) is 4.00. The molecule has 1 atom stereocenters. The lowest BCUT2D eigenvalue weighted by Crippen LogP contribution is -2.14. The normalized spacial score (nSPS) is 12.5. The summed E-state index contributed by atoms with van der Waals surface area (Å²) in [6.07, 6.45) is -1.67. The Morgan fingerprint density at radius 2 is 1.91 bits per heavy atom. The van der Waals surface area contributed by atoms with Crippen molar-refractivity contribution in [3.63, 3.8) is 0 Å². The molecule has 3 rings (SSSR count). The summed E-state index contributed by atoms with van der Waals surface area (Å²) in [4.78, 5) is 15.6. The third-order valence-electron chi connectivity index (χ3n) is 3.75. The quantitative estimate of drug-likeness (QED) is 0.685. The fourth-order valence-electron chi connectivity index (χ4n) is 2.71. The first-order valence-corrected chi connectivity index (χ1v) is 7.30. The number of nitrogens with zero attached hydrogens (tertiary/aromatic N) is 2. The van der Waals surface area contributed by atoms with Crippen LogP contribution >= 0.6 is 11.6 Å². The van der Waals surface area contributed by atoms with Gasteiger partial charge in [0.15, 0.2) is 11.8 Å². The van der Waals surface area contributed by atoms with Crippen LogP contribution in [0.3, 0.4) is 0 Å². The first kappa shape index (κ1) is 15.5. The zero-order valence-electron chi connectivity index (χ0n) is 12.5. The first-order valence-electron chi connectivity index (χ1n) is 6.92. The van der Waals surface area contributed by atoms with E-state index in [1.165, 1.54) is 0 Å². The molecule has 118 valence electrons. The van der Waals surface area contributed by atoms with Gasteiger partial charge in [0.1, 0.15) is 0 Å². The van der Waals surface area contributed by atoms with Gasteiger partial charge in [-0.05, 0) is 31.5 Å². The number of H-pyrrole nitrogens is 1. The van der Waals surface area contributed by atoms with Crippen molar-refractivity contribution in [1.82, 2.24) is 15.2 Å². The number of hydrogen-bond donors (Lipinski definition) is 3. The van der Waals surface area contributed by atoms with E-state index in [4.69, 9.17) is 11.6 Å². The van der Waals surface area contributed by atoms with Gasteiger partial charge in [0.2, 0.25) is 0 Å². The Labute approximate surface area is 136 Å². The summed E-state index contributed by atoms with van der Waals surface area (Å²) in [5.74, 6) is -1.33. The van der Waals surface area contributed by atoms with Crippen molar-refractivity contribution in [3.8, 4) is 11.1 Å². The summed E-state index contributed by atoms with van der Waals surface area (Å²) < 4.78 is 0. The lowest BCUT2D eigenvalue weighted by Gasteiger charge is -2.16. The van der Waals surface area contributed by atoms with E-state index in [9.17, 15) is 15.0 Å². The fraction of sp³-hybridized carbons (Fsp3) is 0.188. The molecule has 0 radical (unpaired) electrons. The second-order valence-electron chi connectivity index (χ2n) is 5.28. The van der Waals surface area contributed by atoms with Crippen LogP contribution in [0.1, 0.15) is 23.1 Å². The maximum absolute atomic E-state index is 11.3. The molecule has 0 saturated heterocycles. The number of fused-ring (bicyclic) bond motifs is 1. The van der Waals surface area contributed by atoms with Gasteiger partial charge >= 0.3 is 5.97 Å². The molecule has 3 aromatic rings. The van der Waals surface area contributed by atoms with Gasteiger partial charge < -0.3 is 10.2 Å². The van der Waals surface area contributed by atoms with Gasteiger partial charge in [-0.1, -0.05) is 23.7 Å². The maximum Gasteiger partial charge on any atom is 0.337 e. The molecular formula is C16H14ClN3O3. The Morgan fingerprint density at radius 1 is 1.26 bits per heavy atom. The number of carboxylic acid groups (broad SMARTS) is 1. The molecule has 1 unspecified atom stereocenters. The highest BCUT2D eigenvalue weighted by Crippen LogP contribution is 2.37. The monoisotopic (exact) mass is 331 g/mol. The van der Waals surface area contributed by atoms with Gasteiger partial charge in [-0.15, -0.1) is 0 Å². The molecular weight excluding hydrogens is 318 g/mol. The van der Waals surface area contributed by atoms with Crippen molar-refractivity contribution < 1.29 is 15.0 Å². The predicted octanol–water partition coefficient (Wildman–Crippen LogP) is 3.01. The van der Waals surface area contributed by atoms with Crippen LogP contribution < -0.4 is 0 Å². The van der Waals surface area contributed by atoms with E-state index in [0.29, 0.717) is 27.3 Å². The third kappa shape index (κ3) is 2.56. The van der Waals surface area contributed by atoms with Crippen LogP contribution in [0.2, 0.25) is 5.02 Å². The number of pyridine rings is 1. The number of carboxylic acids is 1. The number of rotatable bonds is 3. The van der Waals surface area contributed by atoms with Crippen molar-refractivity contribution in [2.45, 2.75) is 20.0 Å². The lowest BCUT2D eigenvalue weighted by atomic mass is 9.92. The van der Waals surface area contributed by atoms with E-state index in [1.807, 2.05) is 6.92 Å². The van der Waals surface area contributed by atoms with E-state index >= 15 is 0 Å². The summed E-state index contributed by atoms with van der Waals surface area (Å²) in [5.41, 5.74) is 3.25. The standard InChI is InChI=1S/C16H14ClN3O3/c1-7-11(14(21)16(22)23)13(9-3-5-10(17)6-4-9)12-8(2)19-20-15(12)18-7/h3-6,14,21H,1-2H3,(H,22,23)(H,18,19,20). The van der Waals surface area contributed by atoms with Crippen LogP contribution in [0.4, 0.5) is 0 Å². The minimum atomic E-state index is -1.67. The average Bonchev–Trinajstić information content (AvgIpc) is 2.87. The molecule has 0 amide bonds. The van der Waals surface area contributed by atoms with Crippen LogP contribution in [0.25, 0.3) is 22.2 Å². The Hall–Kier alpha value is -2.44. The molecule has 0 aliphatic carbocycles. The summed E-state index contributed by atoms with van der Waals surface area (Å²) in [5, 5.41) is 27.7. The van der Waals surface area contributed by atoms with E-state index < -0.39 is 12.1 Å². The molecule has 0 aliphatic rings. The van der Waals surface area contributed by atoms with Crippen LogP contribution in [0.15, 0.2) is 24.3 Å². The zero-order chi connectivity index (χ0) is 16.7. The largest absolute Gasteiger partial charge is 0.479 e. The highest BCUT2D eigenvalue weighted by Gasteiger charge is 2.27. The van der Waals surface area contributed by atoms with Gasteiger partial charge in [-0.25, -0.2) is 9.78 Å². The number of carbonyl (C=O) groups is 1. The topological polar surface area (TPSA) is 99.1 Å². The van der Waals surface area contributed by atoms with E-state index in [2.05, 4.69) is 15.2 Å². The first-order chi connectivity index (χ1) is 10.9. The van der Waals surface area contributed by atoms with Crippen molar-refractivity contribution in [3.05, 3.63) is 46.2 Å². The van der Waals surface area contributed by atoms with E-state index in [0.717, 1.165) is 11.3 Å². The van der Waals surface area contributed by atoms with Crippen molar-refractivity contribution in [2.24, 2.45) is 0 Å². The lowest BCUT2D eigenvalue weighted by molar-refractivity contribution is -0.146. The number of aliphatic hydroxyl groups is 1. The summed E-state index contributed by atoms with van der Waals surface area (Å²) in [7, 11) is 0. The van der Waals surface area contributed by atoms with Gasteiger partial charge in [0, 0.05) is 32.9 Å². The molecule has 7 heteroatoms. The van der Waals surface area contributed by atoms with Gasteiger partial charge in [0.05, 0.1) is 0 Å². The number of aryl methyl sites for hydroxylation is 2. The molecule has 0 fully saturated rings. The Bertz CT molecular complexity index is 903. The molecule has 2 aromatic heterocycles. The second-order valence-corrected chi connectivity index (χ2v) is 5.72. The van der Waals surface area contributed by atoms with Crippen LogP contribution in [-0.2, 0) is 4.79 Å². The SMILES string of the molecule is Cc1nc2n[nH]c(C)c2c(-c2ccc(Cl)cc2)c1C(O)C(=O)O. The van der Waals surface area contributed by atoms with Crippen molar-refractivity contribution >= 4 is 28.6 Å². The molecule has 3 N–H and O–H groups in total. The van der Waals surface area contributed by atoms with Crippen LogP contribution in [0, 0.1) is 13.8 Å². The number of benzene rings is 1. The Morgan fingerprint density at radius 3 is 2.52 bits per heavy atom. The molecule has 0 spiro atoms. The molecule has 1 aromatic carbocycles. The number of aliphatic hydroxyl groups excluding tert-OH is 1. The zero-order valence-corrected chi connectivity index (χ0v) is 13.2. The van der Waals surface area contributed by atoms with Crippen LogP contribution in [-0.4, -0.2) is 31.4 Å². The second kappa shape index (κ2) is 5.64. The molecule has 0 bridgehead atoms. The highest BCUT2D eigenvalue weighted by molar-refractivity contribution is 6.30. The van der Waals surface area contributed by atoms with Crippen molar-refractivity contribution in [2.75, 3.05) is 0 Å². The predicted molar refractivity (Wildman–Crippen MR) is 86.4 cm³/mol. The maximum atomic E-state index is 11.3. The number of aromatic amines is 1. The number of halogens is 1. The number of aliphatic carboxylic acids is 1. The molecule has 0 saturated carbocycles. The highest BCUT2D eigenvalue weighted by atomic mass is 35.5. The van der Waals surface area contributed by atoms with Gasteiger partial charge in [-0.2, -0.15) is 5.10 Å². The number of nitrogens with one attached hydrogen (secondary N) is 1. The molecule has 2 heterocycles. The van der Waals surface area contributed by atoms with Gasteiger partial charge in [-0.3, -0.25) is 5.10 Å². The Balaban J connectivity index is 2.43. The number of hydrogen-bond acceptors (Lipinski definition) is 4. The minimum absolute atomic E-state index is 0.261. The Kier molecular flexibility index (Phi) is 3.79. The van der Waals surface area contributed by atoms with E-state index in [1.54, 1.807) is 31.2 Å². The molecule has 0 aliphatic heterocycles. The fourth-order valence-corrected chi connectivity index (χ4v) is 2.83. The minimum Gasteiger partial charge on any atom is -0.479 e. The molecule has 23 heavy (non-hydrogen) atoms. The van der Waals surface area contributed by atoms with E-state index in [-0.39, 0.29) is 5.56 Å². The van der Waals surface area contributed by atoms with Gasteiger partial charge in [0.25, 0.3) is 0 Å². The molecule has 6 nitrogen and oxygen atoms in total. The smallest absolute Gasteiger partial charge is 0.337 e. The summed E-state index contributed by atoms with van der Waals surface area (Å²) in [6, 6.07) is 6.98. The number of aromatic nitrogens is 3. The van der Waals surface area contributed by atoms with Crippen molar-refractivity contribution in [1.29, 1.82) is 0 Å². The van der Waals surface area contributed by atoms with Crippen LogP contribution in [0.5, 0.6) is 0 Å². The average molecular weight is 332 g/mol. The summed E-state index contributed by atoms with van der Waals surface area (Å²) >= 11 is 5.94. The summed E-state index contributed by atoms with van der Waals surface area (Å²) in [6.45, 7) is 3.48.